The van der Waals surface area contributed by atoms with Gasteiger partial charge >= 0.3 is 0 Å². The SMILES string of the molecule is COS(=O)(=O)CCC(C)=O. The van der Waals surface area contributed by atoms with Crippen molar-refractivity contribution in [2.75, 3.05) is 12.9 Å². The highest BCUT2D eigenvalue weighted by molar-refractivity contribution is 7.86. The van der Waals surface area contributed by atoms with E-state index < -0.39 is 10.1 Å². The van der Waals surface area contributed by atoms with Gasteiger partial charge in [-0.15, -0.1) is 0 Å². The fourth-order valence-electron chi connectivity index (χ4n) is 0.352. The van der Waals surface area contributed by atoms with Gasteiger partial charge in [-0.2, -0.15) is 8.42 Å². The Hall–Kier alpha value is -0.420. The van der Waals surface area contributed by atoms with Crippen LogP contribution in [-0.4, -0.2) is 27.1 Å². The first-order chi connectivity index (χ1) is 4.48. The summed E-state index contributed by atoms with van der Waals surface area (Å²) in [6, 6.07) is 0. The highest BCUT2D eigenvalue weighted by Crippen LogP contribution is 1.93. The van der Waals surface area contributed by atoms with Gasteiger partial charge in [0.25, 0.3) is 10.1 Å². The molecule has 0 aromatic carbocycles. The van der Waals surface area contributed by atoms with Crippen molar-refractivity contribution in [2.24, 2.45) is 0 Å². The van der Waals surface area contributed by atoms with Crippen LogP contribution in [0.5, 0.6) is 0 Å². The summed E-state index contributed by atoms with van der Waals surface area (Å²) in [5.74, 6) is -0.376. The van der Waals surface area contributed by atoms with Crippen molar-refractivity contribution in [3.63, 3.8) is 0 Å². The second-order valence-electron chi connectivity index (χ2n) is 1.88. The second kappa shape index (κ2) is 3.68. The zero-order valence-corrected chi connectivity index (χ0v) is 6.77. The minimum Gasteiger partial charge on any atom is -0.300 e. The summed E-state index contributed by atoms with van der Waals surface area (Å²) in [4.78, 5) is 10.3. The van der Waals surface area contributed by atoms with Crippen molar-refractivity contribution in [3.05, 3.63) is 0 Å². The van der Waals surface area contributed by atoms with E-state index in [0.29, 0.717) is 0 Å². The lowest BCUT2D eigenvalue weighted by atomic mass is 10.4. The molecule has 0 fully saturated rings. The molecule has 0 aromatic rings. The van der Waals surface area contributed by atoms with E-state index in [1.54, 1.807) is 0 Å². The van der Waals surface area contributed by atoms with E-state index >= 15 is 0 Å². The highest BCUT2D eigenvalue weighted by Gasteiger charge is 2.08. The van der Waals surface area contributed by atoms with Gasteiger partial charge in [-0.05, 0) is 6.92 Å². The molecular weight excluding hydrogens is 156 g/mol. The van der Waals surface area contributed by atoms with Crippen molar-refractivity contribution in [2.45, 2.75) is 13.3 Å². The molecule has 0 saturated carbocycles. The lowest BCUT2D eigenvalue weighted by Gasteiger charge is -1.96. The largest absolute Gasteiger partial charge is 0.300 e. The second-order valence-corrected chi connectivity index (χ2v) is 3.74. The minimum absolute atomic E-state index is 0.0240. The van der Waals surface area contributed by atoms with Crippen molar-refractivity contribution in [1.82, 2.24) is 0 Å². The molecule has 0 radical (unpaired) electrons. The first-order valence-electron chi connectivity index (χ1n) is 2.75. The summed E-state index contributed by atoms with van der Waals surface area (Å²) in [5.41, 5.74) is 0. The number of carbonyl (C=O) groups excluding carboxylic acids is 1. The van der Waals surface area contributed by atoms with Gasteiger partial charge in [0, 0.05) is 6.42 Å². The number of ketones is 1. The Morgan fingerprint density at radius 3 is 2.30 bits per heavy atom. The van der Waals surface area contributed by atoms with Gasteiger partial charge in [-0.3, -0.25) is 8.98 Å². The van der Waals surface area contributed by atoms with Crippen molar-refractivity contribution >= 4 is 15.9 Å². The third kappa shape index (κ3) is 4.46. The summed E-state index contributed by atoms with van der Waals surface area (Å²) >= 11 is 0. The Kier molecular flexibility index (Phi) is 3.52. The molecule has 0 heterocycles. The van der Waals surface area contributed by atoms with Crippen molar-refractivity contribution in [3.8, 4) is 0 Å². The van der Waals surface area contributed by atoms with E-state index in [2.05, 4.69) is 4.18 Å². The van der Waals surface area contributed by atoms with E-state index in [0.717, 1.165) is 7.11 Å². The van der Waals surface area contributed by atoms with Gasteiger partial charge < -0.3 is 0 Å². The maximum Gasteiger partial charge on any atom is 0.267 e. The Labute approximate surface area is 60.3 Å². The van der Waals surface area contributed by atoms with Crippen molar-refractivity contribution < 1.29 is 17.4 Å². The zero-order valence-electron chi connectivity index (χ0n) is 5.96. The molecule has 0 aliphatic carbocycles. The normalized spacial score (nSPS) is 11.4. The molecule has 0 amide bonds. The van der Waals surface area contributed by atoms with E-state index in [1.807, 2.05) is 0 Å². The van der Waals surface area contributed by atoms with E-state index in [9.17, 15) is 13.2 Å². The molecular formula is C5H10O4S. The summed E-state index contributed by atoms with van der Waals surface area (Å²) in [6.45, 7) is 1.34. The number of rotatable bonds is 4. The molecule has 0 aliphatic heterocycles. The highest BCUT2D eigenvalue weighted by atomic mass is 32.2. The fourth-order valence-corrected chi connectivity index (χ4v) is 1.06. The third-order valence-corrected chi connectivity index (χ3v) is 2.17. The standard InChI is InChI=1S/C5H10O4S/c1-5(6)3-4-10(7,8)9-2/h3-4H2,1-2H3. The van der Waals surface area contributed by atoms with Crippen LogP contribution in [0.15, 0.2) is 0 Å². The molecule has 0 saturated heterocycles. The summed E-state index contributed by atoms with van der Waals surface area (Å²) in [6.07, 6.45) is 0.0240. The predicted molar refractivity (Wildman–Crippen MR) is 36.1 cm³/mol. The Morgan fingerprint density at radius 2 is 2.00 bits per heavy atom. The third-order valence-electron chi connectivity index (χ3n) is 0.958. The lowest BCUT2D eigenvalue weighted by Crippen LogP contribution is -2.10. The Balaban J connectivity index is 3.81. The number of hydrogen-bond acceptors (Lipinski definition) is 4. The topological polar surface area (TPSA) is 60.4 Å². The van der Waals surface area contributed by atoms with E-state index in [1.165, 1.54) is 6.92 Å². The average Bonchev–Trinajstić information content (AvgIpc) is 1.85. The number of carbonyl (C=O) groups is 1. The quantitative estimate of drug-likeness (QED) is 0.549. The molecule has 60 valence electrons. The van der Waals surface area contributed by atoms with Crippen LogP contribution in [0.25, 0.3) is 0 Å². The minimum atomic E-state index is -3.44. The van der Waals surface area contributed by atoms with Gasteiger partial charge in [0.05, 0.1) is 12.9 Å². The Morgan fingerprint density at radius 1 is 1.50 bits per heavy atom. The van der Waals surface area contributed by atoms with Crippen LogP contribution in [0, 0.1) is 0 Å². The molecule has 0 atom stereocenters. The predicted octanol–water partition coefficient (Wildman–Crippen LogP) is -0.0583. The van der Waals surface area contributed by atoms with Gasteiger partial charge in [0.1, 0.15) is 5.78 Å². The lowest BCUT2D eigenvalue weighted by molar-refractivity contribution is -0.116. The summed E-state index contributed by atoms with van der Waals surface area (Å²) < 4.78 is 25.2. The summed E-state index contributed by atoms with van der Waals surface area (Å²) in [5, 5.41) is 0. The van der Waals surface area contributed by atoms with Crippen LogP contribution < -0.4 is 0 Å². The summed E-state index contributed by atoms with van der Waals surface area (Å²) in [7, 11) is -2.36. The van der Waals surface area contributed by atoms with Crippen LogP contribution in [0.1, 0.15) is 13.3 Å². The van der Waals surface area contributed by atoms with Crippen LogP contribution in [0.2, 0.25) is 0 Å². The van der Waals surface area contributed by atoms with Crippen LogP contribution >= 0.6 is 0 Å². The van der Waals surface area contributed by atoms with Gasteiger partial charge in [0.15, 0.2) is 0 Å². The number of hydrogen-bond donors (Lipinski definition) is 0. The molecule has 0 bridgehead atoms. The molecule has 0 aliphatic rings. The Bertz CT molecular complexity index is 204. The van der Waals surface area contributed by atoms with Gasteiger partial charge in [0.2, 0.25) is 0 Å². The first-order valence-corrected chi connectivity index (χ1v) is 4.33. The molecule has 0 N–H and O–H groups in total. The van der Waals surface area contributed by atoms with Crippen LogP contribution in [0.3, 0.4) is 0 Å². The maximum atomic E-state index is 10.5. The van der Waals surface area contributed by atoms with Crippen LogP contribution in [-0.2, 0) is 19.1 Å². The van der Waals surface area contributed by atoms with Gasteiger partial charge in [-0.25, -0.2) is 0 Å². The molecule has 0 rings (SSSR count). The smallest absolute Gasteiger partial charge is 0.267 e. The van der Waals surface area contributed by atoms with E-state index in [-0.39, 0.29) is 18.0 Å². The molecule has 4 nitrogen and oxygen atoms in total. The maximum absolute atomic E-state index is 10.5. The molecule has 0 spiro atoms. The van der Waals surface area contributed by atoms with Gasteiger partial charge in [-0.1, -0.05) is 0 Å². The fraction of sp³-hybridized carbons (Fsp3) is 0.800. The first kappa shape index (κ1) is 9.58. The van der Waals surface area contributed by atoms with Crippen LogP contribution in [0.4, 0.5) is 0 Å². The molecule has 0 unspecified atom stereocenters. The molecule has 0 aromatic heterocycles. The zero-order chi connectivity index (χ0) is 8.20. The molecule has 5 heteroatoms. The average molecular weight is 166 g/mol. The number of Topliss-reactive ketones (excluding diaryl/α,β-unsaturated/α-hetero) is 1. The molecule has 10 heavy (non-hydrogen) atoms. The monoisotopic (exact) mass is 166 g/mol. The van der Waals surface area contributed by atoms with Crippen molar-refractivity contribution in [1.29, 1.82) is 0 Å². The van der Waals surface area contributed by atoms with E-state index in [4.69, 9.17) is 0 Å².